The Morgan fingerprint density at radius 2 is 1.85 bits per heavy atom. The average Bonchev–Trinajstić information content (AvgIpc) is 3.04. The first-order chi connectivity index (χ1) is 12.7. The number of imidazole rings is 1. The van der Waals surface area contributed by atoms with E-state index in [1.807, 2.05) is 54.6 Å². The highest BCUT2D eigenvalue weighted by molar-refractivity contribution is 6.30. The molecule has 0 aliphatic heterocycles. The van der Waals surface area contributed by atoms with Crippen molar-refractivity contribution in [2.75, 3.05) is 11.1 Å². The van der Waals surface area contributed by atoms with Gasteiger partial charge in [-0.2, -0.15) is 0 Å². The second-order valence-electron chi connectivity index (χ2n) is 5.92. The Morgan fingerprint density at radius 1 is 1.00 bits per heavy atom. The van der Waals surface area contributed by atoms with E-state index in [-0.39, 0.29) is 0 Å². The Hall–Kier alpha value is -3.18. The zero-order valence-corrected chi connectivity index (χ0v) is 14.6. The van der Waals surface area contributed by atoms with Crippen molar-refractivity contribution in [2.45, 2.75) is 6.54 Å². The number of anilines is 2. The molecule has 0 aliphatic carbocycles. The molecule has 5 nitrogen and oxygen atoms in total. The number of fused-ring (bicyclic) bond motifs is 1. The van der Waals surface area contributed by atoms with Crippen molar-refractivity contribution in [1.29, 1.82) is 0 Å². The summed E-state index contributed by atoms with van der Waals surface area (Å²) < 4.78 is 5.86. The van der Waals surface area contributed by atoms with Crippen LogP contribution in [0.2, 0.25) is 5.02 Å². The third-order valence-electron chi connectivity index (χ3n) is 3.91. The second kappa shape index (κ2) is 6.98. The minimum absolute atomic E-state index is 0.618. The monoisotopic (exact) mass is 364 g/mol. The summed E-state index contributed by atoms with van der Waals surface area (Å²) in [4.78, 5) is 7.72. The zero-order chi connectivity index (χ0) is 17.9. The Bertz CT molecular complexity index is 1040. The molecule has 4 aromatic rings. The van der Waals surface area contributed by atoms with E-state index in [1.54, 1.807) is 12.1 Å². The summed E-state index contributed by atoms with van der Waals surface area (Å²) in [5.74, 6) is 2.22. The molecule has 0 atom stereocenters. The molecule has 0 spiro atoms. The first kappa shape index (κ1) is 16.3. The van der Waals surface area contributed by atoms with Gasteiger partial charge in [0.15, 0.2) is 0 Å². The van der Waals surface area contributed by atoms with Crippen LogP contribution < -0.4 is 15.8 Å². The van der Waals surface area contributed by atoms with Crippen LogP contribution >= 0.6 is 11.6 Å². The summed E-state index contributed by atoms with van der Waals surface area (Å²) in [7, 11) is 0. The minimum Gasteiger partial charge on any atom is -0.457 e. The summed E-state index contributed by atoms with van der Waals surface area (Å²) in [6.07, 6.45) is 0. The molecule has 0 saturated heterocycles. The molecule has 0 aliphatic rings. The number of nitrogens with zero attached hydrogens (tertiary/aromatic N) is 1. The van der Waals surface area contributed by atoms with E-state index in [0.29, 0.717) is 23.2 Å². The number of rotatable bonds is 5. The van der Waals surface area contributed by atoms with Crippen molar-refractivity contribution in [3.05, 3.63) is 77.3 Å². The van der Waals surface area contributed by atoms with Crippen molar-refractivity contribution in [3.63, 3.8) is 0 Å². The summed E-state index contributed by atoms with van der Waals surface area (Å²) in [6.45, 7) is 0.618. The molecule has 3 aromatic carbocycles. The van der Waals surface area contributed by atoms with Gasteiger partial charge in [-0.25, -0.2) is 4.98 Å². The molecular weight excluding hydrogens is 348 g/mol. The molecule has 0 saturated carbocycles. The number of hydrogen-bond donors (Lipinski definition) is 3. The lowest BCUT2D eigenvalue weighted by Gasteiger charge is -2.08. The molecule has 26 heavy (non-hydrogen) atoms. The Morgan fingerprint density at radius 3 is 2.69 bits per heavy atom. The van der Waals surface area contributed by atoms with Gasteiger partial charge in [0.05, 0.1) is 11.0 Å². The fourth-order valence-electron chi connectivity index (χ4n) is 2.65. The van der Waals surface area contributed by atoms with E-state index >= 15 is 0 Å². The van der Waals surface area contributed by atoms with Gasteiger partial charge in [0.2, 0.25) is 5.95 Å². The number of H-pyrrole nitrogens is 1. The minimum atomic E-state index is 0.618. The number of nitrogens with two attached hydrogens (primary N) is 1. The van der Waals surface area contributed by atoms with Crippen LogP contribution in [0, 0.1) is 0 Å². The average molecular weight is 365 g/mol. The van der Waals surface area contributed by atoms with Crippen LogP contribution in [-0.2, 0) is 6.54 Å². The highest BCUT2D eigenvalue weighted by atomic mass is 35.5. The van der Waals surface area contributed by atoms with Crippen LogP contribution in [-0.4, -0.2) is 9.97 Å². The highest BCUT2D eigenvalue weighted by Gasteiger charge is 2.04. The molecule has 4 rings (SSSR count). The topological polar surface area (TPSA) is 76.0 Å². The van der Waals surface area contributed by atoms with Gasteiger partial charge in [0, 0.05) is 17.3 Å². The van der Waals surface area contributed by atoms with E-state index in [1.165, 1.54) is 0 Å². The molecule has 1 heterocycles. The predicted molar refractivity (Wildman–Crippen MR) is 106 cm³/mol. The number of aromatic amines is 1. The lowest BCUT2D eigenvalue weighted by atomic mass is 10.2. The van der Waals surface area contributed by atoms with Gasteiger partial charge in [-0.15, -0.1) is 0 Å². The zero-order valence-electron chi connectivity index (χ0n) is 13.9. The highest BCUT2D eigenvalue weighted by Crippen LogP contribution is 2.24. The maximum atomic E-state index is 5.90. The van der Waals surface area contributed by atoms with Gasteiger partial charge in [-0.3, -0.25) is 0 Å². The molecule has 0 radical (unpaired) electrons. The number of hydrogen-bond acceptors (Lipinski definition) is 4. The maximum Gasteiger partial charge on any atom is 0.201 e. The number of nitrogens with one attached hydrogen (secondary N) is 2. The first-order valence-corrected chi connectivity index (χ1v) is 8.55. The summed E-state index contributed by atoms with van der Waals surface area (Å²) >= 11 is 5.90. The van der Waals surface area contributed by atoms with Crippen molar-refractivity contribution in [3.8, 4) is 11.5 Å². The molecule has 0 fully saturated rings. The van der Waals surface area contributed by atoms with Crippen LogP contribution in [0.3, 0.4) is 0 Å². The molecule has 130 valence electrons. The number of halogens is 1. The molecule has 4 N–H and O–H groups in total. The summed E-state index contributed by atoms with van der Waals surface area (Å²) in [5.41, 5.74) is 9.37. The molecule has 0 bridgehead atoms. The quantitative estimate of drug-likeness (QED) is 0.425. The van der Waals surface area contributed by atoms with E-state index < -0.39 is 0 Å². The van der Waals surface area contributed by atoms with Crippen LogP contribution in [0.25, 0.3) is 11.0 Å². The second-order valence-corrected chi connectivity index (χ2v) is 6.36. The van der Waals surface area contributed by atoms with Crippen molar-refractivity contribution in [1.82, 2.24) is 9.97 Å². The first-order valence-electron chi connectivity index (χ1n) is 8.17. The van der Waals surface area contributed by atoms with Crippen LogP contribution in [0.5, 0.6) is 11.5 Å². The summed E-state index contributed by atoms with van der Waals surface area (Å²) in [5, 5.41) is 3.97. The van der Waals surface area contributed by atoms with Crippen molar-refractivity contribution < 1.29 is 4.74 Å². The third-order valence-corrected chi connectivity index (χ3v) is 4.17. The van der Waals surface area contributed by atoms with Gasteiger partial charge in [-0.1, -0.05) is 23.7 Å². The van der Waals surface area contributed by atoms with Crippen molar-refractivity contribution in [2.24, 2.45) is 0 Å². The molecule has 6 heteroatoms. The van der Waals surface area contributed by atoms with Crippen LogP contribution in [0.4, 0.5) is 11.6 Å². The van der Waals surface area contributed by atoms with Gasteiger partial charge in [-0.05, 0) is 60.2 Å². The normalized spacial score (nSPS) is 10.8. The SMILES string of the molecule is Nc1ccc2nc(NCc3cccc(Oc4ccc(Cl)cc4)c3)[nH]c2c1. The Balaban J connectivity index is 1.45. The van der Waals surface area contributed by atoms with Gasteiger partial charge in [0.25, 0.3) is 0 Å². The maximum absolute atomic E-state index is 5.90. The number of aromatic nitrogens is 2. The number of nitrogen functional groups attached to an aromatic ring is 1. The molecular formula is C20H17ClN4O. The fraction of sp³-hybridized carbons (Fsp3) is 0.0500. The Labute approximate surface area is 155 Å². The van der Waals surface area contributed by atoms with E-state index in [9.17, 15) is 0 Å². The van der Waals surface area contributed by atoms with Crippen molar-refractivity contribution >= 4 is 34.3 Å². The lowest BCUT2D eigenvalue weighted by molar-refractivity contribution is 0.482. The van der Waals surface area contributed by atoms with Gasteiger partial charge >= 0.3 is 0 Å². The number of ether oxygens (including phenoxy) is 1. The lowest BCUT2D eigenvalue weighted by Crippen LogP contribution is -2.00. The van der Waals surface area contributed by atoms with Crippen LogP contribution in [0.15, 0.2) is 66.7 Å². The number of benzene rings is 3. The van der Waals surface area contributed by atoms with E-state index in [2.05, 4.69) is 15.3 Å². The predicted octanol–water partition coefficient (Wildman–Crippen LogP) is 5.20. The summed E-state index contributed by atoms with van der Waals surface area (Å²) in [6, 6.07) is 20.8. The fourth-order valence-corrected chi connectivity index (χ4v) is 2.78. The third kappa shape index (κ3) is 3.73. The Kier molecular flexibility index (Phi) is 4.37. The smallest absolute Gasteiger partial charge is 0.201 e. The van der Waals surface area contributed by atoms with E-state index in [4.69, 9.17) is 22.1 Å². The van der Waals surface area contributed by atoms with Crippen LogP contribution in [0.1, 0.15) is 5.56 Å². The molecule has 0 unspecified atom stereocenters. The van der Waals surface area contributed by atoms with E-state index in [0.717, 1.165) is 28.1 Å². The standard InChI is InChI=1S/C20H17ClN4O/c21-14-4-7-16(8-5-14)26-17-3-1-2-13(10-17)12-23-20-24-18-9-6-15(22)11-19(18)25-20/h1-11H,12,22H2,(H2,23,24,25). The molecule has 0 amide bonds. The van der Waals surface area contributed by atoms with Gasteiger partial charge in [0.1, 0.15) is 11.5 Å². The largest absolute Gasteiger partial charge is 0.457 e. The molecule has 1 aromatic heterocycles. The van der Waals surface area contributed by atoms with Gasteiger partial charge < -0.3 is 20.8 Å².